The molecule has 0 aromatic rings. The summed E-state index contributed by atoms with van der Waals surface area (Å²) < 4.78 is 0. The summed E-state index contributed by atoms with van der Waals surface area (Å²) in [5.41, 5.74) is 3.22. The summed E-state index contributed by atoms with van der Waals surface area (Å²) in [7, 11) is 0. The van der Waals surface area contributed by atoms with E-state index in [-0.39, 0.29) is 11.9 Å². The van der Waals surface area contributed by atoms with Crippen molar-refractivity contribution < 1.29 is 4.79 Å². The van der Waals surface area contributed by atoms with E-state index < -0.39 is 0 Å². The molecule has 0 saturated carbocycles. The lowest BCUT2D eigenvalue weighted by Gasteiger charge is -2.29. The van der Waals surface area contributed by atoms with E-state index in [1.54, 1.807) is 5.01 Å². The molecule has 3 nitrogen and oxygen atoms in total. The summed E-state index contributed by atoms with van der Waals surface area (Å²) in [6.07, 6.45) is 8.04. The van der Waals surface area contributed by atoms with Crippen LogP contribution in [0.1, 0.15) is 79.6 Å². The maximum atomic E-state index is 12.1. The van der Waals surface area contributed by atoms with Gasteiger partial charge in [-0.3, -0.25) is 9.80 Å². The topological polar surface area (TPSA) is 32.3 Å². The lowest BCUT2D eigenvalue weighted by molar-refractivity contribution is -0.137. The predicted octanol–water partition coefficient (Wildman–Crippen LogP) is 3.89. The molecule has 0 bridgehead atoms. The summed E-state index contributed by atoms with van der Waals surface area (Å²) in [6.45, 7) is 10.4. The third kappa shape index (κ3) is 8.51. The molecule has 0 aromatic carbocycles. The van der Waals surface area contributed by atoms with Crippen LogP contribution >= 0.6 is 0 Å². The first-order valence-corrected chi connectivity index (χ1v) is 7.57. The Morgan fingerprint density at radius 1 is 1.00 bits per heavy atom. The normalized spacial score (nSPS) is 11.3. The minimum Gasteiger partial charge on any atom is -0.275 e. The SMILES string of the molecule is CCCCCCCCC(=O)N(NC(C)C)C(C)C. The number of amides is 1. The first kappa shape index (κ1) is 17.4. The molecule has 18 heavy (non-hydrogen) atoms. The number of carbonyl (C=O) groups is 1. The van der Waals surface area contributed by atoms with Gasteiger partial charge in [0.2, 0.25) is 5.91 Å². The van der Waals surface area contributed by atoms with E-state index in [2.05, 4.69) is 40.0 Å². The van der Waals surface area contributed by atoms with Crippen molar-refractivity contribution >= 4 is 5.91 Å². The van der Waals surface area contributed by atoms with Gasteiger partial charge in [-0.05, 0) is 34.1 Å². The van der Waals surface area contributed by atoms with Gasteiger partial charge in [-0.2, -0.15) is 0 Å². The Labute approximate surface area is 113 Å². The van der Waals surface area contributed by atoms with Gasteiger partial charge in [-0.25, -0.2) is 5.43 Å². The van der Waals surface area contributed by atoms with E-state index in [0.29, 0.717) is 12.5 Å². The molecule has 0 spiro atoms. The maximum absolute atomic E-state index is 12.1. The van der Waals surface area contributed by atoms with Crippen molar-refractivity contribution in [1.82, 2.24) is 10.4 Å². The van der Waals surface area contributed by atoms with Gasteiger partial charge in [-0.1, -0.05) is 39.0 Å². The molecule has 0 fully saturated rings. The summed E-state index contributed by atoms with van der Waals surface area (Å²) in [6, 6.07) is 0.529. The maximum Gasteiger partial charge on any atom is 0.236 e. The van der Waals surface area contributed by atoms with Crippen LogP contribution in [0.4, 0.5) is 0 Å². The van der Waals surface area contributed by atoms with E-state index >= 15 is 0 Å². The number of hydrogen-bond acceptors (Lipinski definition) is 2. The minimum atomic E-state index is 0.222. The van der Waals surface area contributed by atoms with Crippen LogP contribution in [0, 0.1) is 0 Å². The number of hydrogen-bond donors (Lipinski definition) is 1. The quantitative estimate of drug-likeness (QED) is 0.475. The highest BCUT2D eigenvalue weighted by Crippen LogP contribution is 2.09. The van der Waals surface area contributed by atoms with Crippen molar-refractivity contribution in [3.63, 3.8) is 0 Å². The third-order valence-electron chi connectivity index (χ3n) is 2.93. The molecule has 0 rings (SSSR count). The molecule has 0 unspecified atom stereocenters. The van der Waals surface area contributed by atoms with Crippen LogP contribution in [0.25, 0.3) is 0 Å². The van der Waals surface area contributed by atoms with Gasteiger partial charge in [0.1, 0.15) is 0 Å². The summed E-state index contributed by atoms with van der Waals surface area (Å²) in [5, 5.41) is 1.79. The van der Waals surface area contributed by atoms with Crippen LogP contribution in [-0.4, -0.2) is 23.0 Å². The molecule has 1 N–H and O–H groups in total. The Morgan fingerprint density at radius 2 is 1.56 bits per heavy atom. The van der Waals surface area contributed by atoms with Gasteiger partial charge in [0.15, 0.2) is 0 Å². The van der Waals surface area contributed by atoms with E-state index in [9.17, 15) is 4.79 Å². The van der Waals surface area contributed by atoms with Crippen molar-refractivity contribution in [2.24, 2.45) is 0 Å². The number of carbonyl (C=O) groups excluding carboxylic acids is 1. The fourth-order valence-corrected chi connectivity index (χ4v) is 1.96. The molecule has 3 heteroatoms. The first-order chi connectivity index (χ1) is 8.49. The van der Waals surface area contributed by atoms with Gasteiger partial charge in [0, 0.05) is 18.5 Å². The van der Waals surface area contributed by atoms with E-state index in [0.717, 1.165) is 6.42 Å². The van der Waals surface area contributed by atoms with Gasteiger partial charge in [0.05, 0.1) is 0 Å². The van der Waals surface area contributed by atoms with Crippen molar-refractivity contribution in [3.05, 3.63) is 0 Å². The summed E-state index contributed by atoms with van der Waals surface area (Å²) in [4.78, 5) is 12.1. The Bertz CT molecular complexity index is 215. The number of nitrogens with one attached hydrogen (secondary N) is 1. The number of nitrogens with zero attached hydrogens (tertiary/aromatic N) is 1. The molecular formula is C15H32N2O. The monoisotopic (exact) mass is 256 g/mol. The zero-order valence-electron chi connectivity index (χ0n) is 13.0. The molecule has 0 aliphatic rings. The van der Waals surface area contributed by atoms with Crippen LogP contribution in [0.2, 0.25) is 0 Å². The van der Waals surface area contributed by atoms with Gasteiger partial charge in [0.25, 0.3) is 0 Å². The smallest absolute Gasteiger partial charge is 0.236 e. The van der Waals surface area contributed by atoms with Crippen molar-refractivity contribution in [3.8, 4) is 0 Å². The van der Waals surface area contributed by atoms with Gasteiger partial charge in [-0.15, -0.1) is 0 Å². The lowest BCUT2D eigenvalue weighted by Crippen LogP contribution is -2.50. The van der Waals surface area contributed by atoms with E-state index in [4.69, 9.17) is 0 Å². The standard InChI is InChI=1S/C15H32N2O/c1-6-7-8-9-10-11-12-15(18)17(14(4)5)16-13(2)3/h13-14,16H,6-12H2,1-5H3. The minimum absolute atomic E-state index is 0.222. The van der Waals surface area contributed by atoms with E-state index in [1.807, 2.05) is 0 Å². The van der Waals surface area contributed by atoms with Crippen molar-refractivity contribution in [2.45, 2.75) is 91.6 Å². The molecule has 0 atom stereocenters. The van der Waals surface area contributed by atoms with Crippen LogP contribution in [0.5, 0.6) is 0 Å². The highest BCUT2D eigenvalue weighted by molar-refractivity contribution is 5.75. The molecule has 0 aliphatic heterocycles. The molecule has 1 amide bonds. The first-order valence-electron chi connectivity index (χ1n) is 7.57. The fourth-order valence-electron chi connectivity index (χ4n) is 1.96. The Hall–Kier alpha value is -0.570. The average molecular weight is 256 g/mol. The Kier molecular flexibility index (Phi) is 10.0. The number of hydrazine groups is 1. The highest BCUT2D eigenvalue weighted by Gasteiger charge is 2.16. The average Bonchev–Trinajstić information content (AvgIpc) is 2.29. The zero-order valence-corrected chi connectivity index (χ0v) is 13.0. The second-order valence-corrected chi connectivity index (χ2v) is 5.66. The predicted molar refractivity (Wildman–Crippen MR) is 78.2 cm³/mol. The Morgan fingerprint density at radius 3 is 2.06 bits per heavy atom. The van der Waals surface area contributed by atoms with Gasteiger partial charge >= 0.3 is 0 Å². The van der Waals surface area contributed by atoms with Gasteiger partial charge < -0.3 is 0 Å². The second kappa shape index (κ2) is 10.4. The zero-order chi connectivity index (χ0) is 14.0. The molecule has 0 aliphatic carbocycles. The van der Waals surface area contributed by atoms with Crippen LogP contribution < -0.4 is 5.43 Å². The highest BCUT2D eigenvalue weighted by atomic mass is 16.2. The van der Waals surface area contributed by atoms with E-state index in [1.165, 1.54) is 32.1 Å². The third-order valence-corrected chi connectivity index (χ3v) is 2.93. The molecule has 0 heterocycles. The summed E-state index contributed by atoms with van der Waals surface area (Å²) in [5.74, 6) is 0.231. The summed E-state index contributed by atoms with van der Waals surface area (Å²) >= 11 is 0. The Balaban J connectivity index is 3.82. The molecule has 0 saturated heterocycles. The fraction of sp³-hybridized carbons (Fsp3) is 0.933. The lowest BCUT2D eigenvalue weighted by atomic mass is 10.1. The molecule has 0 aromatic heterocycles. The molecule has 0 radical (unpaired) electrons. The number of unbranched alkanes of at least 4 members (excludes halogenated alkanes) is 5. The van der Waals surface area contributed by atoms with Crippen molar-refractivity contribution in [2.75, 3.05) is 0 Å². The largest absolute Gasteiger partial charge is 0.275 e. The molecular weight excluding hydrogens is 224 g/mol. The number of rotatable bonds is 10. The molecule has 108 valence electrons. The van der Waals surface area contributed by atoms with Crippen LogP contribution in [-0.2, 0) is 4.79 Å². The van der Waals surface area contributed by atoms with Crippen molar-refractivity contribution in [1.29, 1.82) is 0 Å². The second-order valence-electron chi connectivity index (χ2n) is 5.66. The van der Waals surface area contributed by atoms with Crippen LogP contribution in [0.15, 0.2) is 0 Å². The van der Waals surface area contributed by atoms with Crippen LogP contribution in [0.3, 0.4) is 0 Å².